The highest BCUT2D eigenvalue weighted by Crippen LogP contribution is 2.16. The normalized spacial score (nSPS) is 10.5. The van der Waals surface area contributed by atoms with Crippen molar-refractivity contribution in [2.45, 2.75) is 19.5 Å². The molecule has 1 N–H and O–H groups in total. The van der Waals surface area contributed by atoms with Gasteiger partial charge in [-0.25, -0.2) is 9.37 Å². The minimum Gasteiger partial charge on any atom is -0.497 e. The van der Waals surface area contributed by atoms with Gasteiger partial charge in [0.05, 0.1) is 13.4 Å². The summed E-state index contributed by atoms with van der Waals surface area (Å²) in [4.78, 5) is 6.15. The fraction of sp³-hybridized carbons (Fsp3) is 0.238. The van der Waals surface area contributed by atoms with Crippen molar-refractivity contribution in [3.63, 3.8) is 0 Å². The molecule has 0 radical (unpaired) electrons. The first-order valence-corrected chi connectivity index (χ1v) is 9.45. The van der Waals surface area contributed by atoms with Crippen molar-refractivity contribution < 1.29 is 9.13 Å². The van der Waals surface area contributed by atoms with Gasteiger partial charge >= 0.3 is 0 Å². The van der Waals surface area contributed by atoms with Gasteiger partial charge in [-0.05, 0) is 60.6 Å². The number of benzene rings is 2. The number of nitrogens with one attached hydrogen (secondary N) is 1. The second kappa shape index (κ2) is 9.85. The van der Waals surface area contributed by atoms with Crippen molar-refractivity contribution >= 4 is 23.0 Å². The summed E-state index contributed by atoms with van der Waals surface area (Å²) in [5, 5.41) is 3.90. The molecule has 0 amide bonds. The first-order valence-electron chi connectivity index (χ1n) is 9.04. The molecule has 0 saturated carbocycles. The standard InChI is InChI=1S/C21H23FN4OS/c1-27-20-9-7-19(8-10-20)24-21(28)26(13-2-12-25-14-11-23-16-25)15-17-3-5-18(22)6-4-17/h3-11,14,16H,2,12-13,15H2,1H3,(H,24,28). The maximum Gasteiger partial charge on any atom is 0.173 e. The predicted octanol–water partition coefficient (Wildman–Crippen LogP) is 4.32. The van der Waals surface area contributed by atoms with Crippen molar-refractivity contribution in [1.82, 2.24) is 14.5 Å². The Morgan fingerprint density at radius 2 is 1.93 bits per heavy atom. The van der Waals surface area contributed by atoms with E-state index in [0.717, 1.165) is 36.5 Å². The fourth-order valence-corrected chi connectivity index (χ4v) is 3.08. The number of aromatic nitrogens is 2. The molecule has 0 saturated heterocycles. The minimum absolute atomic E-state index is 0.241. The molecule has 0 aliphatic carbocycles. The van der Waals surface area contributed by atoms with Crippen LogP contribution in [0.5, 0.6) is 5.75 Å². The number of ether oxygens (including phenoxy) is 1. The topological polar surface area (TPSA) is 42.3 Å². The van der Waals surface area contributed by atoms with Gasteiger partial charge in [-0.2, -0.15) is 0 Å². The third-order valence-electron chi connectivity index (χ3n) is 4.32. The van der Waals surface area contributed by atoms with Crippen molar-refractivity contribution in [3.8, 4) is 5.75 Å². The molecule has 0 aliphatic heterocycles. The summed E-state index contributed by atoms with van der Waals surface area (Å²) in [6, 6.07) is 14.1. The molecule has 0 aliphatic rings. The fourth-order valence-electron chi connectivity index (χ4n) is 2.80. The molecular weight excluding hydrogens is 375 g/mol. The lowest BCUT2D eigenvalue weighted by molar-refractivity contribution is 0.395. The van der Waals surface area contributed by atoms with Crippen LogP contribution in [-0.2, 0) is 13.1 Å². The maximum atomic E-state index is 13.2. The molecule has 1 heterocycles. The lowest BCUT2D eigenvalue weighted by Gasteiger charge is -2.26. The minimum atomic E-state index is -0.241. The van der Waals surface area contributed by atoms with E-state index in [-0.39, 0.29) is 5.82 Å². The molecule has 0 fully saturated rings. The molecule has 0 unspecified atom stereocenters. The van der Waals surface area contributed by atoms with Gasteiger partial charge in [0.1, 0.15) is 11.6 Å². The number of imidazole rings is 1. The molecule has 146 valence electrons. The highest BCUT2D eigenvalue weighted by molar-refractivity contribution is 7.80. The molecule has 3 aromatic rings. The molecule has 3 rings (SSSR count). The van der Waals surface area contributed by atoms with Crippen LogP contribution in [0.2, 0.25) is 0 Å². The van der Waals surface area contributed by atoms with Gasteiger partial charge in [-0.1, -0.05) is 12.1 Å². The Labute approximate surface area is 169 Å². The third kappa shape index (κ3) is 5.79. The zero-order valence-corrected chi connectivity index (χ0v) is 16.5. The summed E-state index contributed by atoms with van der Waals surface area (Å²) in [7, 11) is 1.64. The van der Waals surface area contributed by atoms with Crippen LogP contribution < -0.4 is 10.1 Å². The Bertz CT molecular complexity index is 866. The van der Waals surface area contributed by atoms with Gasteiger partial charge in [0.25, 0.3) is 0 Å². The number of thiocarbonyl (C=S) groups is 1. The zero-order valence-electron chi connectivity index (χ0n) is 15.7. The Kier molecular flexibility index (Phi) is 6.97. The van der Waals surface area contributed by atoms with Crippen LogP contribution in [0.1, 0.15) is 12.0 Å². The number of hydrogen-bond acceptors (Lipinski definition) is 3. The summed E-state index contributed by atoms with van der Waals surface area (Å²) in [5.41, 5.74) is 1.90. The summed E-state index contributed by atoms with van der Waals surface area (Å²) in [6.07, 6.45) is 6.42. The number of nitrogens with zero attached hydrogens (tertiary/aromatic N) is 3. The highest BCUT2D eigenvalue weighted by atomic mass is 32.1. The van der Waals surface area contributed by atoms with E-state index in [1.165, 1.54) is 12.1 Å². The van der Waals surface area contributed by atoms with E-state index in [2.05, 4.69) is 15.2 Å². The van der Waals surface area contributed by atoms with E-state index in [0.29, 0.717) is 11.7 Å². The van der Waals surface area contributed by atoms with Crippen LogP contribution >= 0.6 is 12.2 Å². The molecule has 2 aromatic carbocycles. The first-order chi connectivity index (χ1) is 13.6. The van der Waals surface area contributed by atoms with Crippen molar-refractivity contribution in [2.24, 2.45) is 0 Å². The van der Waals surface area contributed by atoms with Crippen LogP contribution in [0.15, 0.2) is 67.3 Å². The summed E-state index contributed by atoms with van der Waals surface area (Å²) >= 11 is 5.65. The Hall–Kier alpha value is -2.93. The molecule has 0 spiro atoms. The Balaban J connectivity index is 1.65. The van der Waals surface area contributed by atoms with E-state index < -0.39 is 0 Å². The number of anilines is 1. The average Bonchev–Trinajstić information content (AvgIpc) is 3.23. The van der Waals surface area contributed by atoms with Gasteiger partial charge in [0, 0.05) is 37.7 Å². The number of halogens is 1. The van der Waals surface area contributed by atoms with E-state index in [9.17, 15) is 4.39 Å². The van der Waals surface area contributed by atoms with Gasteiger partial charge < -0.3 is 19.5 Å². The van der Waals surface area contributed by atoms with Gasteiger partial charge in [-0.15, -0.1) is 0 Å². The second-order valence-corrected chi connectivity index (χ2v) is 6.75. The SMILES string of the molecule is COc1ccc(NC(=S)N(CCCn2ccnc2)Cc2ccc(F)cc2)cc1. The highest BCUT2D eigenvalue weighted by Gasteiger charge is 2.11. The quantitative estimate of drug-likeness (QED) is 0.573. The van der Waals surface area contributed by atoms with Crippen LogP contribution in [0, 0.1) is 5.82 Å². The molecule has 1 aromatic heterocycles. The van der Waals surface area contributed by atoms with E-state index >= 15 is 0 Å². The maximum absolute atomic E-state index is 13.2. The molecule has 7 heteroatoms. The van der Waals surface area contributed by atoms with Crippen LogP contribution in [0.25, 0.3) is 0 Å². The third-order valence-corrected chi connectivity index (χ3v) is 4.68. The number of aryl methyl sites for hydroxylation is 1. The van der Waals surface area contributed by atoms with Crippen LogP contribution in [-0.4, -0.2) is 33.2 Å². The van der Waals surface area contributed by atoms with E-state index in [1.807, 2.05) is 35.0 Å². The number of rotatable bonds is 8. The lowest BCUT2D eigenvalue weighted by atomic mass is 10.2. The monoisotopic (exact) mass is 398 g/mol. The first kappa shape index (κ1) is 19.8. The second-order valence-electron chi connectivity index (χ2n) is 6.36. The molecular formula is C21H23FN4OS. The molecule has 5 nitrogen and oxygen atoms in total. The van der Waals surface area contributed by atoms with Crippen molar-refractivity contribution in [1.29, 1.82) is 0 Å². The molecule has 0 atom stereocenters. The summed E-state index contributed by atoms with van der Waals surface area (Å²) in [5.74, 6) is 0.550. The van der Waals surface area contributed by atoms with Gasteiger partial charge in [0.2, 0.25) is 0 Å². The van der Waals surface area contributed by atoms with Crippen molar-refractivity contribution in [2.75, 3.05) is 19.0 Å². The largest absolute Gasteiger partial charge is 0.497 e. The van der Waals surface area contributed by atoms with Crippen LogP contribution in [0.3, 0.4) is 0 Å². The zero-order chi connectivity index (χ0) is 19.8. The lowest BCUT2D eigenvalue weighted by Crippen LogP contribution is -2.35. The van der Waals surface area contributed by atoms with Crippen LogP contribution in [0.4, 0.5) is 10.1 Å². The predicted molar refractivity (Wildman–Crippen MR) is 113 cm³/mol. The van der Waals surface area contributed by atoms with Crippen molar-refractivity contribution in [3.05, 3.63) is 78.6 Å². The Morgan fingerprint density at radius 1 is 1.18 bits per heavy atom. The number of methoxy groups -OCH3 is 1. The van der Waals surface area contributed by atoms with Gasteiger partial charge in [-0.3, -0.25) is 0 Å². The van der Waals surface area contributed by atoms with E-state index in [4.69, 9.17) is 17.0 Å². The number of hydrogen-bond donors (Lipinski definition) is 1. The summed E-state index contributed by atoms with van der Waals surface area (Å²) in [6.45, 7) is 2.22. The average molecular weight is 399 g/mol. The molecule has 0 bridgehead atoms. The smallest absolute Gasteiger partial charge is 0.173 e. The Morgan fingerprint density at radius 3 is 2.57 bits per heavy atom. The van der Waals surface area contributed by atoms with E-state index in [1.54, 1.807) is 31.8 Å². The summed E-state index contributed by atoms with van der Waals surface area (Å²) < 4.78 is 20.4. The molecule has 28 heavy (non-hydrogen) atoms. The van der Waals surface area contributed by atoms with Gasteiger partial charge in [0.15, 0.2) is 5.11 Å².